The van der Waals surface area contributed by atoms with Crippen molar-refractivity contribution in [3.05, 3.63) is 46.5 Å². The molecule has 1 aromatic rings. The Bertz CT molecular complexity index is 398. The van der Waals surface area contributed by atoms with Crippen molar-refractivity contribution in [3.8, 4) is 0 Å². The van der Waals surface area contributed by atoms with Crippen molar-refractivity contribution in [2.45, 2.75) is 25.3 Å². The molecule has 0 heterocycles. The zero-order valence-electron chi connectivity index (χ0n) is 8.93. The molecule has 1 aliphatic carbocycles. The normalized spacial score (nSPS) is 19.4. The molecule has 0 saturated heterocycles. The first-order valence-electron chi connectivity index (χ1n) is 5.42. The lowest BCUT2D eigenvalue weighted by atomic mass is 10.0. The Morgan fingerprint density at radius 2 is 2.00 bits per heavy atom. The molecule has 0 aromatic heterocycles. The van der Waals surface area contributed by atoms with E-state index in [0.717, 1.165) is 24.9 Å². The highest BCUT2D eigenvalue weighted by atomic mass is 16.6. The quantitative estimate of drug-likeness (QED) is 0.481. The smallest absolute Gasteiger partial charge is 0.269 e. The van der Waals surface area contributed by atoms with Gasteiger partial charge in [-0.3, -0.25) is 10.1 Å². The Hall–Kier alpha value is -1.84. The van der Waals surface area contributed by atoms with E-state index in [1.807, 2.05) is 0 Å². The molecule has 0 radical (unpaired) electrons. The first-order chi connectivity index (χ1) is 7.75. The highest BCUT2D eigenvalue weighted by molar-refractivity contribution is 5.49. The number of non-ortho nitro benzene ring substituents is 1. The third kappa shape index (κ3) is 2.59. The van der Waals surface area contributed by atoms with Crippen LogP contribution in [-0.2, 0) is 0 Å². The summed E-state index contributed by atoms with van der Waals surface area (Å²) in [6.45, 7) is 0. The molecule has 84 valence electrons. The Kier molecular flexibility index (Phi) is 3.19. The predicted octanol–water partition coefficient (Wildman–Crippen LogP) is 3.12. The summed E-state index contributed by atoms with van der Waals surface area (Å²) in [5.41, 5.74) is 1.08. The van der Waals surface area contributed by atoms with Gasteiger partial charge in [0.2, 0.25) is 0 Å². The molecule has 1 unspecified atom stereocenters. The Labute approximate surface area is 94.1 Å². The molecule has 1 aromatic carbocycles. The SMILES string of the molecule is O=[N+]([O-])c1ccc(NC2CC=CCC2)cc1. The maximum atomic E-state index is 10.5. The molecule has 0 amide bonds. The number of nitrogens with one attached hydrogen (secondary N) is 1. The first kappa shape index (κ1) is 10.7. The molecule has 1 aliphatic rings. The van der Waals surface area contributed by atoms with Crippen LogP contribution in [0.4, 0.5) is 11.4 Å². The fourth-order valence-electron chi connectivity index (χ4n) is 1.84. The van der Waals surface area contributed by atoms with Gasteiger partial charge in [-0.15, -0.1) is 0 Å². The molecular weight excluding hydrogens is 204 g/mol. The number of allylic oxidation sites excluding steroid dienone is 1. The first-order valence-corrected chi connectivity index (χ1v) is 5.42. The number of nitro groups is 1. The average Bonchev–Trinajstić information content (AvgIpc) is 2.31. The molecule has 0 spiro atoms. The minimum absolute atomic E-state index is 0.133. The fourth-order valence-corrected chi connectivity index (χ4v) is 1.84. The molecule has 0 bridgehead atoms. The van der Waals surface area contributed by atoms with E-state index in [2.05, 4.69) is 17.5 Å². The number of hydrogen-bond acceptors (Lipinski definition) is 3. The Morgan fingerprint density at radius 1 is 1.25 bits per heavy atom. The average molecular weight is 218 g/mol. The summed E-state index contributed by atoms with van der Waals surface area (Å²) in [6, 6.07) is 7.03. The lowest BCUT2D eigenvalue weighted by Crippen LogP contribution is -2.20. The van der Waals surface area contributed by atoms with Crippen LogP contribution in [0.15, 0.2) is 36.4 Å². The largest absolute Gasteiger partial charge is 0.382 e. The monoisotopic (exact) mass is 218 g/mol. The summed E-state index contributed by atoms with van der Waals surface area (Å²) >= 11 is 0. The molecular formula is C12H14N2O2. The van der Waals surface area contributed by atoms with Crippen molar-refractivity contribution < 1.29 is 4.92 Å². The van der Waals surface area contributed by atoms with E-state index in [1.165, 1.54) is 12.1 Å². The maximum absolute atomic E-state index is 10.5. The second-order valence-corrected chi connectivity index (χ2v) is 3.93. The number of nitrogens with zero attached hydrogens (tertiary/aromatic N) is 1. The van der Waals surface area contributed by atoms with Gasteiger partial charge in [0.25, 0.3) is 5.69 Å². The van der Waals surface area contributed by atoms with Crippen LogP contribution in [0.1, 0.15) is 19.3 Å². The molecule has 1 N–H and O–H groups in total. The van der Waals surface area contributed by atoms with E-state index in [4.69, 9.17) is 0 Å². The Balaban J connectivity index is 1.99. The highest BCUT2D eigenvalue weighted by Crippen LogP contribution is 2.19. The second kappa shape index (κ2) is 4.79. The standard InChI is InChI=1S/C12H14N2O2/c15-14(16)12-8-6-11(7-9-12)13-10-4-2-1-3-5-10/h1-2,6-10,13H,3-5H2. The van der Waals surface area contributed by atoms with Gasteiger partial charge in [-0.2, -0.15) is 0 Å². The highest BCUT2D eigenvalue weighted by Gasteiger charge is 2.10. The molecule has 0 aliphatic heterocycles. The summed E-state index contributed by atoms with van der Waals surface area (Å²) < 4.78 is 0. The van der Waals surface area contributed by atoms with Gasteiger partial charge in [-0.1, -0.05) is 12.2 Å². The lowest BCUT2D eigenvalue weighted by Gasteiger charge is -2.20. The van der Waals surface area contributed by atoms with Crippen LogP contribution in [0.3, 0.4) is 0 Å². The van der Waals surface area contributed by atoms with Crippen LogP contribution in [0.2, 0.25) is 0 Å². The molecule has 2 rings (SSSR count). The Morgan fingerprint density at radius 3 is 2.56 bits per heavy atom. The van der Waals surface area contributed by atoms with Crippen LogP contribution < -0.4 is 5.32 Å². The third-order valence-corrected chi connectivity index (χ3v) is 2.72. The van der Waals surface area contributed by atoms with Gasteiger partial charge < -0.3 is 5.32 Å². The van der Waals surface area contributed by atoms with Crippen molar-refractivity contribution in [3.63, 3.8) is 0 Å². The number of nitro benzene ring substituents is 1. The zero-order valence-corrected chi connectivity index (χ0v) is 8.93. The van der Waals surface area contributed by atoms with Crippen LogP contribution in [-0.4, -0.2) is 11.0 Å². The molecule has 16 heavy (non-hydrogen) atoms. The topological polar surface area (TPSA) is 55.2 Å². The third-order valence-electron chi connectivity index (χ3n) is 2.72. The summed E-state index contributed by atoms with van der Waals surface area (Å²) in [5, 5.41) is 13.9. The van der Waals surface area contributed by atoms with E-state index >= 15 is 0 Å². The van der Waals surface area contributed by atoms with Crippen LogP contribution >= 0.6 is 0 Å². The van der Waals surface area contributed by atoms with E-state index in [9.17, 15) is 10.1 Å². The van der Waals surface area contributed by atoms with E-state index < -0.39 is 0 Å². The minimum Gasteiger partial charge on any atom is -0.382 e. The molecule has 4 heteroatoms. The van der Waals surface area contributed by atoms with Gasteiger partial charge in [-0.05, 0) is 31.4 Å². The second-order valence-electron chi connectivity index (χ2n) is 3.93. The van der Waals surface area contributed by atoms with Gasteiger partial charge in [0.05, 0.1) is 4.92 Å². The van der Waals surface area contributed by atoms with Gasteiger partial charge in [-0.25, -0.2) is 0 Å². The molecule has 4 nitrogen and oxygen atoms in total. The summed E-state index contributed by atoms with van der Waals surface area (Å²) in [6.07, 6.45) is 7.61. The zero-order chi connectivity index (χ0) is 11.4. The maximum Gasteiger partial charge on any atom is 0.269 e. The van der Waals surface area contributed by atoms with Gasteiger partial charge in [0, 0.05) is 23.9 Å². The number of anilines is 1. The number of rotatable bonds is 3. The fraction of sp³-hybridized carbons (Fsp3) is 0.333. The van der Waals surface area contributed by atoms with E-state index in [1.54, 1.807) is 12.1 Å². The van der Waals surface area contributed by atoms with Gasteiger partial charge in [0.15, 0.2) is 0 Å². The van der Waals surface area contributed by atoms with Crippen molar-refractivity contribution in [1.29, 1.82) is 0 Å². The number of hydrogen-bond donors (Lipinski definition) is 1. The van der Waals surface area contributed by atoms with E-state index in [-0.39, 0.29) is 10.6 Å². The van der Waals surface area contributed by atoms with Crippen molar-refractivity contribution in [2.75, 3.05) is 5.32 Å². The van der Waals surface area contributed by atoms with Crippen LogP contribution in [0.5, 0.6) is 0 Å². The van der Waals surface area contributed by atoms with Crippen molar-refractivity contribution in [2.24, 2.45) is 0 Å². The summed E-state index contributed by atoms with van der Waals surface area (Å²) in [7, 11) is 0. The van der Waals surface area contributed by atoms with Gasteiger partial charge >= 0.3 is 0 Å². The number of benzene rings is 1. The minimum atomic E-state index is -0.382. The van der Waals surface area contributed by atoms with Crippen LogP contribution in [0, 0.1) is 10.1 Å². The summed E-state index contributed by atoms with van der Waals surface area (Å²) in [4.78, 5) is 10.1. The van der Waals surface area contributed by atoms with Crippen molar-refractivity contribution in [1.82, 2.24) is 0 Å². The lowest BCUT2D eigenvalue weighted by molar-refractivity contribution is -0.384. The predicted molar refractivity (Wildman–Crippen MR) is 63.5 cm³/mol. The van der Waals surface area contributed by atoms with Crippen LogP contribution in [0.25, 0.3) is 0 Å². The molecule has 1 atom stereocenters. The summed E-state index contributed by atoms with van der Waals surface area (Å²) in [5.74, 6) is 0. The molecule has 0 fully saturated rings. The van der Waals surface area contributed by atoms with E-state index in [0.29, 0.717) is 6.04 Å². The van der Waals surface area contributed by atoms with Crippen molar-refractivity contribution >= 4 is 11.4 Å². The molecule has 0 saturated carbocycles. The van der Waals surface area contributed by atoms with Gasteiger partial charge in [0.1, 0.15) is 0 Å².